The van der Waals surface area contributed by atoms with E-state index >= 15 is 0 Å². The Bertz CT molecular complexity index is 1920. The fraction of sp³-hybridized carbons (Fsp3) is 0.448. The number of nitrogens with one attached hydrogen (secondary N) is 1. The van der Waals surface area contributed by atoms with Crippen LogP contribution in [0.25, 0.3) is 11.1 Å². The minimum Gasteiger partial charge on any atom is -0.724 e. The topological polar surface area (TPSA) is 258 Å². The first-order chi connectivity index (χ1) is 22.9. The number of hydroxylamine groups is 2. The number of anilines is 1. The molecule has 18 nitrogen and oxygen atoms in total. The lowest BCUT2D eigenvalue weighted by atomic mass is 9.84. The number of rotatable bonds is 13. The Morgan fingerprint density at radius 3 is 2.69 bits per heavy atom. The van der Waals surface area contributed by atoms with Crippen molar-refractivity contribution in [3.8, 4) is 16.9 Å². The van der Waals surface area contributed by atoms with Gasteiger partial charge in [0.05, 0.1) is 23.8 Å². The second kappa shape index (κ2) is 13.3. The number of ether oxygens (including phenoxy) is 1. The molecule has 2 aromatic heterocycles. The van der Waals surface area contributed by atoms with Crippen molar-refractivity contribution in [3.63, 3.8) is 0 Å². The lowest BCUT2D eigenvalue weighted by Gasteiger charge is -2.51. The third kappa shape index (κ3) is 7.22. The van der Waals surface area contributed by atoms with Crippen LogP contribution in [0.3, 0.4) is 0 Å². The summed E-state index contributed by atoms with van der Waals surface area (Å²) >= 11 is 0.966. The number of hydrogen-bond donors (Lipinski definition) is 4. The molecule has 4 heterocycles. The van der Waals surface area contributed by atoms with Crippen LogP contribution in [0.15, 0.2) is 41.1 Å². The summed E-state index contributed by atoms with van der Waals surface area (Å²) in [7, 11) is -3.33. The Labute approximate surface area is 285 Å². The maximum Gasteiger partial charge on any atom is 0.354 e. The van der Waals surface area contributed by atoms with Crippen molar-refractivity contribution in [2.45, 2.75) is 69.9 Å². The first-order valence-corrected chi connectivity index (χ1v) is 17.2. The van der Waals surface area contributed by atoms with Crippen molar-refractivity contribution in [2.24, 2.45) is 17.9 Å². The zero-order valence-corrected chi connectivity index (χ0v) is 28.6. The van der Waals surface area contributed by atoms with Gasteiger partial charge in [0.25, 0.3) is 17.4 Å². The number of carbonyl (C=O) groups is 3. The number of carboxylic acids is 1. The molecule has 3 atom stereocenters. The van der Waals surface area contributed by atoms with E-state index in [2.05, 4.69) is 24.4 Å². The first-order valence-electron chi connectivity index (χ1n) is 15.0. The molecule has 6 N–H and O–H groups in total. The van der Waals surface area contributed by atoms with Gasteiger partial charge >= 0.3 is 5.97 Å². The Balaban J connectivity index is 1.36. The summed E-state index contributed by atoms with van der Waals surface area (Å²) in [6, 6.07) is 4.27. The maximum atomic E-state index is 13.5. The molecule has 1 fully saturated rings. The number of nitrogens with two attached hydrogens (primary N) is 2. The average Bonchev–Trinajstić information content (AvgIpc) is 3.64. The van der Waals surface area contributed by atoms with Crippen LogP contribution >= 0.6 is 11.3 Å². The molecule has 264 valence electrons. The molecule has 49 heavy (non-hydrogen) atoms. The molecule has 0 aliphatic carbocycles. The molecule has 0 saturated carbocycles. The predicted octanol–water partition coefficient (Wildman–Crippen LogP) is -0.178. The van der Waals surface area contributed by atoms with E-state index in [0.717, 1.165) is 41.0 Å². The highest BCUT2D eigenvalue weighted by atomic mass is 32.3. The van der Waals surface area contributed by atoms with Crippen molar-refractivity contribution >= 4 is 50.4 Å². The smallest absolute Gasteiger partial charge is 0.354 e. The van der Waals surface area contributed by atoms with Gasteiger partial charge in [-0.15, -0.1) is 16.0 Å². The molecule has 2 aliphatic rings. The van der Waals surface area contributed by atoms with Crippen LogP contribution in [-0.2, 0) is 53.9 Å². The molecule has 20 heteroatoms. The summed E-state index contributed by atoms with van der Waals surface area (Å²) in [5, 5.41) is 18.4. The van der Waals surface area contributed by atoms with Crippen molar-refractivity contribution in [1.29, 1.82) is 0 Å². The van der Waals surface area contributed by atoms with E-state index in [4.69, 9.17) is 21.0 Å². The molecule has 3 aromatic rings. The zero-order chi connectivity index (χ0) is 35.9. The van der Waals surface area contributed by atoms with E-state index in [1.54, 1.807) is 6.07 Å². The number of carboxylic acid groups (broad SMARTS) is 1. The molecule has 2 aliphatic heterocycles. The van der Waals surface area contributed by atoms with Crippen molar-refractivity contribution in [3.05, 3.63) is 47.2 Å². The molecule has 0 radical (unpaired) electrons. The normalized spacial score (nSPS) is 20.1. The first kappa shape index (κ1) is 35.7. The van der Waals surface area contributed by atoms with E-state index < -0.39 is 57.2 Å². The van der Waals surface area contributed by atoms with Gasteiger partial charge in [0.15, 0.2) is 24.0 Å². The van der Waals surface area contributed by atoms with Crippen LogP contribution < -0.4 is 26.2 Å². The molecule has 2 unspecified atom stereocenters. The number of β-lactam (4-membered cyclic amide) rings is 1. The van der Waals surface area contributed by atoms with E-state index in [0.29, 0.717) is 23.8 Å². The summed E-state index contributed by atoms with van der Waals surface area (Å²) in [6.07, 6.45) is 4.52. The lowest BCUT2D eigenvalue weighted by Crippen LogP contribution is -2.76. The van der Waals surface area contributed by atoms with Gasteiger partial charge in [-0.2, -0.15) is 14.0 Å². The monoisotopic (exact) mass is 720 g/mol. The fourth-order valence-corrected chi connectivity index (χ4v) is 6.53. The average molecular weight is 721 g/mol. The summed E-state index contributed by atoms with van der Waals surface area (Å²) < 4.78 is 47.6. The summed E-state index contributed by atoms with van der Waals surface area (Å²) in [6.45, 7) is 5.31. The van der Waals surface area contributed by atoms with Gasteiger partial charge < -0.3 is 36.0 Å². The van der Waals surface area contributed by atoms with Crippen molar-refractivity contribution in [1.82, 2.24) is 20.0 Å². The molecule has 0 bridgehead atoms. The van der Waals surface area contributed by atoms with Gasteiger partial charge in [-0.1, -0.05) is 11.2 Å². The maximum absolute atomic E-state index is 13.5. The van der Waals surface area contributed by atoms with Gasteiger partial charge in [0, 0.05) is 5.38 Å². The number of aromatic nitrogens is 3. The number of aryl methyl sites for hydroxylation is 3. The number of hydrogen-bond acceptors (Lipinski definition) is 14. The van der Waals surface area contributed by atoms with Crippen molar-refractivity contribution in [2.75, 3.05) is 12.3 Å². The minimum atomic E-state index is -5.27. The van der Waals surface area contributed by atoms with Crippen LogP contribution in [0.1, 0.15) is 44.9 Å². The van der Waals surface area contributed by atoms with Gasteiger partial charge in [0.2, 0.25) is 16.6 Å². The Morgan fingerprint density at radius 1 is 1.35 bits per heavy atom. The highest BCUT2D eigenvalue weighted by Gasteiger charge is 2.57. The molecular weight excluding hydrogens is 684 g/mol. The minimum absolute atomic E-state index is 0.0595. The van der Waals surface area contributed by atoms with E-state index in [-0.39, 0.29) is 17.2 Å². The van der Waals surface area contributed by atoms with Crippen LogP contribution in [-0.4, -0.2) is 86.1 Å². The van der Waals surface area contributed by atoms with Gasteiger partial charge in [-0.3, -0.25) is 9.59 Å². The highest BCUT2D eigenvalue weighted by Crippen LogP contribution is 2.37. The van der Waals surface area contributed by atoms with Crippen LogP contribution in [0.2, 0.25) is 0 Å². The number of carbonyl (C=O) groups excluding carboxylic acids is 2. The van der Waals surface area contributed by atoms with E-state index in [1.165, 1.54) is 26.2 Å². The second-order valence-electron chi connectivity index (χ2n) is 12.3. The van der Waals surface area contributed by atoms with Crippen LogP contribution in [0, 0.1) is 0 Å². The molecule has 2 amide bonds. The Morgan fingerprint density at radius 2 is 2.08 bits per heavy atom. The fourth-order valence-electron chi connectivity index (χ4n) is 5.53. The molecule has 1 aromatic carbocycles. The number of thiazole rings is 1. The molecule has 1 saturated heterocycles. The Kier molecular flexibility index (Phi) is 9.72. The third-order valence-corrected chi connectivity index (χ3v) is 9.42. The quantitative estimate of drug-likeness (QED) is 0.0447. The number of nitrogen functional groups attached to an aromatic ring is 1. The standard InChI is InChI=1S/C29H36N8O10S2/c1-28(2)23(25(39)37(28)47-49(42,43)44)33-24(38)22(19-15-48-27(31)32-19)34-46-29(3,26(40)41)21-9-7-17-12-16(6-8-20(17)45-21)18-13-35(4)36(14-18)11-5-10-30/h6,8,12-15,21,23H,5,7,9-11,30H2,1-4H3,(H4-,31,32,33,38,40,41,42,43,44)/b34-22-/t21?,23?,29-/m1/s1. The number of aliphatic carboxylic acids is 1. The molecular formula is C29H36N8O10S2. The number of benzene rings is 1. The van der Waals surface area contributed by atoms with Gasteiger partial charge in [-0.25, -0.2) is 18.2 Å². The second-order valence-corrected chi connectivity index (χ2v) is 14.1. The van der Waals surface area contributed by atoms with Crippen molar-refractivity contribution < 1.29 is 51.0 Å². The number of nitrogens with zero attached hydrogens (tertiary/aromatic N) is 5. The van der Waals surface area contributed by atoms with Gasteiger partial charge in [-0.05, 0) is 69.8 Å². The van der Waals surface area contributed by atoms with E-state index in [1.807, 2.05) is 36.3 Å². The number of amides is 2. The van der Waals surface area contributed by atoms with Crippen LogP contribution in [0.4, 0.5) is 5.13 Å². The summed E-state index contributed by atoms with van der Waals surface area (Å²) in [5.74, 6) is -3.01. The molecule has 5 rings (SSSR count). The molecule has 0 spiro atoms. The summed E-state index contributed by atoms with van der Waals surface area (Å²) in [4.78, 5) is 48.4. The lowest BCUT2D eigenvalue weighted by molar-refractivity contribution is -0.753. The number of oxime groups is 1. The third-order valence-electron chi connectivity index (χ3n) is 8.41. The summed E-state index contributed by atoms with van der Waals surface area (Å²) in [5.41, 5.74) is 10.1. The number of fused-ring (bicyclic) bond motifs is 1. The SMILES string of the molecule is C[n+]1cc(-c2ccc3c(c2)CCC([C@@](C)(O/N=C(\C(=O)NC2C(=O)N(OS(=O)(=O)[O-])C2(C)C)c2csc(N)n2)C(=O)O)O3)cn1CCCN. The predicted molar refractivity (Wildman–Crippen MR) is 171 cm³/mol. The van der Waals surface area contributed by atoms with Gasteiger partial charge in [0.1, 0.15) is 17.5 Å². The van der Waals surface area contributed by atoms with Crippen LogP contribution in [0.5, 0.6) is 5.75 Å². The Hall–Kier alpha value is -4.63. The largest absolute Gasteiger partial charge is 0.724 e. The zero-order valence-electron chi connectivity index (χ0n) is 27.0. The highest BCUT2D eigenvalue weighted by molar-refractivity contribution is 7.80. The van der Waals surface area contributed by atoms with E-state index in [9.17, 15) is 32.5 Å².